The molecule has 0 bridgehead atoms. The Morgan fingerprint density at radius 2 is 1.46 bits per heavy atom. The van der Waals surface area contributed by atoms with E-state index in [1.165, 1.54) is 5.57 Å². The maximum Gasteiger partial charge on any atom is 0.303 e. The zero-order valence-electron chi connectivity index (χ0n) is 16.6. The van der Waals surface area contributed by atoms with Crippen molar-refractivity contribution < 1.29 is 19.4 Å². The normalized spacial score (nSPS) is 11.2. The average Bonchev–Trinajstić information content (AvgIpc) is 2.71. The van der Waals surface area contributed by atoms with Crippen LogP contribution >= 0.6 is 0 Å². The van der Waals surface area contributed by atoms with Crippen LogP contribution in [0.5, 0.6) is 11.5 Å². The molecule has 0 aromatic heterocycles. The molecule has 28 heavy (non-hydrogen) atoms. The van der Waals surface area contributed by atoms with Gasteiger partial charge in [-0.2, -0.15) is 0 Å². The number of ether oxygens (including phenoxy) is 2. The van der Waals surface area contributed by atoms with Crippen LogP contribution in [0.15, 0.2) is 66.4 Å². The zero-order chi connectivity index (χ0) is 20.0. The fourth-order valence-electron chi connectivity index (χ4n) is 2.79. The molecular weight excluding hydrogens is 352 g/mol. The minimum Gasteiger partial charge on any atom is -0.489 e. The highest BCUT2D eigenvalue weighted by atomic mass is 16.5. The van der Waals surface area contributed by atoms with E-state index in [1.54, 1.807) is 0 Å². The van der Waals surface area contributed by atoms with Gasteiger partial charge in [-0.1, -0.05) is 49.6 Å². The monoisotopic (exact) mass is 382 g/mol. The summed E-state index contributed by atoms with van der Waals surface area (Å²) in [5.41, 5.74) is 2.35. The molecule has 0 aliphatic carbocycles. The van der Waals surface area contributed by atoms with Gasteiger partial charge in [0.2, 0.25) is 0 Å². The molecule has 0 aliphatic rings. The smallest absolute Gasteiger partial charge is 0.303 e. The van der Waals surface area contributed by atoms with Gasteiger partial charge in [-0.05, 0) is 61.6 Å². The van der Waals surface area contributed by atoms with Gasteiger partial charge in [0.05, 0.1) is 6.26 Å². The van der Waals surface area contributed by atoms with Gasteiger partial charge in [-0.25, -0.2) is 0 Å². The molecule has 2 rings (SSSR count). The third kappa shape index (κ3) is 9.26. The third-order valence-electron chi connectivity index (χ3n) is 4.43. The Morgan fingerprint density at radius 1 is 0.857 bits per heavy atom. The largest absolute Gasteiger partial charge is 0.489 e. The molecule has 1 N–H and O–H groups in total. The summed E-state index contributed by atoms with van der Waals surface area (Å²) in [6, 6.07) is 17.7. The van der Waals surface area contributed by atoms with Crippen molar-refractivity contribution >= 4 is 5.97 Å². The minimum absolute atomic E-state index is 0.281. The number of carboxylic acids is 1. The fraction of sp³-hybridized carbons (Fsp3) is 0.375. The van der Waals surface area contributed by atoms with E-state index in [2.05, 4.69) is 6.92 Å². The Balaban J connectivity index is 1.62. The molecule has 4 heteroatoms. The van der Waals surface area contributed by atoms with Crippen molar-refractivity contribution in [2.45, 2.75) is 58.5 Å². The number of aliphatic carboxylic acids is 1. The van der Waals surface area contributed by atoms with Crippen LogP contribution in [0.1, 0.15) is 57.4 Å². The number of rotatable bonds is 13. The number of carbonyl (C=O) groups is 1. The highest BCUT2D eigenvalue weighted by molar-refractivity contribution is 5.66. The Labute approximate surface area is 167 Å². The van der Waals surface area contributed by atoms with Gasteiger partial charge in [0.15, 0.2) is 0 Å². The lowest BCUT2D eigenvalue weighted by Crippen LogP contribution is -1.95. The van der Waals surface area contributed by atoms with Crippen LogP contribution in [0.3, 0.4) is 0 Å². The van der Waals surface area contributed by atoms with Crippen molar-refractivity contribution in [3.8, 4) is 11.5 Å². The quantitative estimate of drug-likeness (QED) is 0.323. The van der Waals surface area contributed by atoms with E-state index in [1.807, 2.05) is 60.9 Å². The first-order valence-corrected chi connectivity index (χ1v) is 9.94. The molecular formula is C24H30O4. The van der Waals surface area contributed by atoms with E-state index in [-0.39, 0.29) is 6.42 Å². The molecule has 0 aliphatic heterocycles. The summed E-state index contributed by atoms with van der Waals surface area (Å²) in [5.74, 6) is 0.909. The molecule has 150 valence electrons. The van der Waals surface area contributed by atoms with Gasteiger partial charge < -0.3 is 14.6 Å². The Morgan fingerprint density at radius 3 is 2.14 bits per heavy atom. The molecule has 0 unspecified atom stereocenters. The molecule has 2 aromatic rings. The van der Waals surface area contributed by atoms with Crippen molar-refractivity contribution in [1.82, 2.24) is 0 Å². The maximum absolute atomic E-state index is 10.4. The van der Waals surface area contributed by atoms with Gasteiger partial charge in [-0.15, -0.1) is 0 Å². The molecule has 0 heterocycles. The highest BCUT2D eigenvalue weighted by Gasteiger charge is 1.99. The van der Waals surface area contributed by atoms with Crippen LogP contribution in [0.4, 0.5) is 0 Å². The summed E-state index contributed by atoms with van der Waals surface area (Å²) in [5, 5.41) is 8.60. The first-order valence-electron chi connectivity index (χ1n) is 9.94. The van der Waals surface area contributed by atoms with Crippen molar-refractivity contribution in [3.63, 3.8) is 0 Å². The van der Waals surface area contributed by atoms with Crippen LogP contribution in [0, 0.1) is 0 Å². The van der Waals surface area contributed by atoms with Crippen LogP contribution in [-0.4, -0.2) is 11.1 Å². The number of hydrogen-bond acceptors (Lipinski definition) is 3. The summed E-state index contributed by atoms with van der Waals surface area (Å²) in [6.45, 7) is 2.62. The zero-order valence-corrected chi connectivity index (χ0v) is 16.6. The highest BCUT2D eigenvalue weighted by Crippen LogP contribution is 2.20. The van der Waals surface area contributed by atoms with Gasteiger partial charge in [0.1, 0.15) is 18.1 Å². The fourth-order valence-corrected chi connectivity index (χ4v) is 2.79. The van der Waals surface area contributed by atoms with Crippen LogP contribution < -0.4 is 9.47 Å². The second-order valence-corrected chi connectivity index (χ2v) is 6.99. The van der Waals surface area contributed by atoms with Crippen LogP contribution in [-0.2, 0) is 11.4 Å². The van der Waals surface area contributed by atoms with E-state index in [0.29, 0.717) is 6.61 Å². The number of benzene rings is 2. The molecule has 0 spiro atoms. The standard InChI is InChI=1S/C24H30O4/c1-20(10-6-3-2-4-9-13-24(25)26)18-27-22-14-16-23(17-15-22)28-19-21-11-7-5-8-12-21/h5,7-8,11-12,14-18H,2-4,6,9-10,13,19H2,1H3,(H,25,26). The molecule has 0 radical (unpaired) electrons. The molecule has 2 aromatic carbocycles. The first-order chi connectivity index (χ1) is 13.6. The second-order valence-electron chi connectivity index (χ2n) is 6.99. The number of unbranched alkanes of at least 4 members (excludes halogenated alkanes) is 4. The van der Waals surface area contributed by atoms with Gasteiger partial charge in [0.25, 0.3) is 0 Å². The predicted octanol–water partition coefficient (Wildman–Crippen LogP) is 6.36. The van der Waals surface area contributed by atoms with E-state index >= 15 is 0 Å². The van der Waals surface area contributed by atoms with Gasteiger partial charge >= 0.3 is 5.97 Å². The molecule has 0 saturated carbocycles. The van der Waals surface area contributed by atoms with Gasteiger partial charge in [0, 0.05) is 6.42 Å². The van der Waals surface area contributed by atoms with Crippen molar-refractivity contribution in [3.05, 3.63) is 72.0 Å². The Kier molecular flexibility index (Phi) is 9.70. The van der Waals surface area contributed by atoms with Crippen molar-refractivity contribution in [2.75, 3.05) is 0 Å². The summed E-state index contributed by atoms with van der Waals surface area (Å²) in [4.78, 5) is 10.4. The predicted molar refractivity (Wildman–Crippen MR) is 112 cm³/mol. The lowest BCUT2D eigenvalue weighted by atomic mass is 10.1. The Bertz CT molecular complexity index is 720. The van der Waals surface area contributed by atoms with E-state index in [9.17, 15) is 4.79 Å². The molecule has 4 nitrogen and oxygen atoms in total. The third-order valence-corrected chi connectivity index (χ3v) is 4.43. The summed E-state index contributed by atoms with van der Waals surface area (Å²) in [7, 11) is 0. The van der Waals surface area contributed by atoms with E-state index < -0.39 is 5.97 Å². The average molecular weight is 383 g/mol. The van der Waals surface area contributed by atoms with E-state index in [4.69, 9.17) is 14.6 Å². The molecule has 0 amide bonds. The van der Waals surface area contributed by atoms with Crippen molar-refractivity contribution in [2.24, 2.45) is 0 Å². The molecule has 0 atom stereocenters. The summed E-state index contributed by atoms with van der Waals surface area (Å²) < 4.78 is 11.5. The summed E-state index contributed by atoms with van der Waals surface area (Å²) >= 11 is 0. The topological polar surface area (TPSA) is 55.8 Å². The lowest BCUT2D eigenvalue weighted by molar-refractivity contribution is -0.137. The number of carboxylic acid groups (broad SMARTS) is 1. The minimum atomic E-state index is -0.702. The van der Waals surface area contributed by atoms with Crippen molar-refractivity contribution in [1.29, 1.82) is 0 Å². The maximum atomic E-state index is 10.4. The van der Waals surface area contributed by atoms with E-state index in [0.717, 1.165) is 55.6 Å². The lowest BCUT2D eigenvalue weighted by Gasteiger charge is -2.08. The number of hydrogen-bond donors (Lipinski definition) is 1. The molecule has 0 fully saturated rings. The summed E-state index contributed by atoms with van der Waals surface area (Å²) in [6.07, 6.45) is 8.17. The van der Waals surface area contributed by atoms with Crippen LogP contribution in [0.2, 0.25) is 0 Å². The second kappa shape index (κ2) is 12.6. The SMILES string of the molecule is CC(=COc1ccc(OCc2ccccc2)cc1)CCCCCCCC(=O)O. The van der Waals surface area contributed by atoms with Gasteiger partial charge in [-0.3, -0.25) is 4.79 Å². The Hall–Kier alpha value is -2.75. The first kappa shape index (κ1) is 21.5. The molecule has 0 saturated heterocycles. The van der Waals surface area contributed by atoms with Crippen LogP contribution in [0.25, 0.3) is 0 Å². The number of allylic oxidation sites excluding steroid dienone is 1.